The van der Waals surface area contributed by atoms with Gasteiger partial charge < -0.3 is 15.7 Å². The van der Waals surface area contributed by atoms with Gasteiger partial charge >= 0.3 is 12.0 Å². The van der Waals surface area contributed by atoms with Crippen molar-refractivity contribution in [3.05, 3.63) is 0 Å². The highest BCUT2D eigenvalue weighted by Gasteiger charge is 2.48. The zero-order valence-electron chi connectivity index (χ0n) is 11.4. The molecule has 2 aliphatic rings. The fourth-order valence-corrected chi connectivity index (χ4v) is 3.97. The summed E-state index contributed by atoms with van der Waals surface area (Å²) in [6, 6.07) is -0.748. The molecule has 0 aromatic rings. The highest BCUT2D eigenvalue weighted by atomic mass is 32.2. The van der Waals surface area contributed by atoms with Crippen LogP contribution in [-0.2, 0) is 14.6 Å². The number of hydrogen-bond acceptors (Lipinski definition) is 4. The van der Waals surface area contributed by atoms with Crippen molar-refractivity contribution >= 4 is 21.8 Å². The zero-order chi connectivity index (χ0) is 15.0. The first-order valence-corrected chi connectivity index (χ1v) is 8.57. The van der Waals surface area contributed by atoms with Crippen molar-refractivity contribution in [2.45, 2.75) is 44.2 Å². The number of rotatable bonds is 4. The van der Waals surface area contributed by atoms with E-state index in [4.69, 9.17) is 0 Å². The molecule has 1 saturated carbocycles. The summed E-state index contributed by atoms with van der Waals surface area (Å²) < 4.78 is 22.6. The van der Waals surface area contributed by atoms with Crippen molar-refractivity contribution in [2.24, 2.45) is 5.92 Å². The van der Waals surface area contributed by atoms with E-state index in [1.165, 1.54) is 6.92 Å². The van der Waals surface area contributed by atoms with E-state index in [-0.39, 0.29) is 23.5 Å². The monoisotopic (exact) mass is 304 g/mol. The molecular weight excluding hydrogens is 284 g/mol. The molecule has 0 aromatic carbocycles. The minimum absolute atomic E-state index is 0.0301. The predicted octanol–water partition coefficient (Wildman–Crippen LogP) is 0.116. The van der Waals surface area contributed by atoms with Crippen molar-refractivity contribution in [2.75, 3.05) is 11.5 Å². The number of carbonyl (C=O) groups excluding carboxylic acids is 1. The van der Waals surface area contributed by atoms with E-state index in [0.29, 0.717) is 12.8 Å². The standard InChI is InChI=1S/C12H20N2O5S/c1-12(10(15)16,8-2-3-8)14-11(17)13-9-4-6-20(18,19)7-5-9/h8-9H,2-7H2,1H3,(H,15,16)(H2,13,14,17). The minimum atomic E-state index is -2.97. The van der Waals surface area contributed by atoms with Gasteiger partial charge in [-0.2, -0.15) is 0 Å². The van der Waals surface area contributed by atoms with Crippen molar-refractivity contribution in [3.63, 3.8) is 0 Å². The average molecular weight is 304 g/mol. The summed E-state index contributed by atoms with van der Waals surface area (Å²) in [5, 5.41) is 14.4. The lowest BCUT2D eigenvalue weighted by Crippen LogP contribution is -2.58. The maximum atomic E-state index is 11.9. The summed E-state index contributed by atoms with van der Waals surface area (Å²) >= 11 is 0. The molecule has 0 radical (unpaired) electrons. The van der Waals surface area contributed by atoms with Gasteiger partial charge in [0, 0.05) is 6.04 Å². The number of carboxylic acid groups (broad SMARTS) is 1. The molecule has 1 aliphatic heterocycles. The van der Waals surface area contributed by atoms with Crippen molar-refractivity contribution < 1.29 is 23.1 Å². The number of aliphatic carboxylic acids is 1. The SMILES string of the molecule is CC(NC(=O)NC1CCS(=O)(=O)CC1)(C(=O)O)C1CC1. The minimum Gasteiger partial charge on any atom is -0.480 e. The molecule has 2 amide bonds. The molecule has 8 heteroatoms. The number of hydrogen-bond donors (Lipinski definition) is 3. The van der Waals surface area contributed by atoms with Gasteiger partial charge in [0.05, 0.1) is 11.5 Å². The predicted molar refractivity (Wildman–Crippen MR) is 72.1 cm³/mol. The summed E-state index contributed by atoms with van der Waals surface area (Å²) in [6.45, 7) is 1.51. The van der Waals surface area contributed by atoms with Crippen LogP contribution in [0.1, 0.15) is 32.6 Å². The van der Waals surface area contributed by atoms with Gasteiger partial charge in [-0.05, 0) is 38.5 Å². The van der Waals surface area contributed by atoms with E-state index >= 15 is 0 Å². The van der Waals surface area contributed by atoms with E-state index in [2.05, 4.69) is 10.6 Å². The van der Waals surface area contributed by atoms with E-state index in [1.807, 2.05) is 0 Å². The van der Waals surface area contributed by atoms with Crippen LogP contribution in [0.15, 0.2) is 0 Å². The second-order valence-corrected chi connectivity index (χ2v) is 8.11. The summed E-state index contributed by atoms with van der Waals surface area (Å²) in [7, 11) is -2.97. The lowest BCUT2D eigenvalue weighted by molar-refractivity contribution is -0.144. The third-order valence-electron chi connectivity index (χ3n) is 4.10. The van der Waals surface area contributed by atoms with E-state index < -0.39 is 27.4 Å². The van der Waals surface area contributed by atoms with E-state index in [0.717, 1.165) is 12.8 Å². The molecule has 1 aliphatic carbocycles. The molecule has 2 rings (SSSR count). The molecule has 20 heavy (non-hydrogen) atoms. The van der Waals surface area contributed by atoms with Gasteiger partial charge in [-0.3, -0.25) is 0 Å². The second kappa shape index (κ2) is 5.23. The fourth-order valence-electron chi connectivity index (χ4n) is 2.48. The smallest absolute Gasteiger partial charge is 0.329 e. The molecule has 2 fully saturated rings. The Balaban J connectivity index is 1.88. The Morgan fingerprint density at radius 1 is 1.15 bits per heavy atom. The Morgan fingerprint density at radius 3 is 2.15 bits per heavy atom. The Labute approximate surface area is 118 Å². The van der Waals surface area contributed by atoms with Gasteiger partial charge in [0.1, 0.15) is 15.4 Å². The maximum absolute atomic E-state index is 11.9. The van der Waals surface area contributed by atoms with Gasteiger partial charge in [0.25, 0.3) is 0 Å². The maximum Gasteiger partial charge on any atom is 0.329 e. The average Bonchev–Trinajstić information content (AvgIpc) is 3.15. The van der Waals surface area contributed by atoms with Gasteiger partial charge in [-0.1, -0.05) is 0 Å². The van der Waals surface area contributed by atoms with Crippen LogP contribution in [0.4, 0.5) is 4.79 Å². The Bertz CT molecular complexity index is 500. The van der Waals surface area contributed by atoms with E-state index in [9.17, 15) is 23.1 Å². The topological polar surface area (TPSA) is 113 Å². The first-order chi connectivity index (χ1) is 9.23. The number of sulfone groups is 1. The van der Waals surface area contributed by atoms with Gasteiger partial charge in [0.2, 0.25) is 0 Å². The first-order valence-electron chi connectivity index (χ1n) is 6.75. The summed E-state index contributed by atoms with van der Waals surface area (Å²) in [5.41, 5.74) is -1.25. The summed E-state index contributed by atoms with van der Waals surface area (Å²) in [5.74, 6) is -0.938. The molecule has 7 nitrogen and oxygen atoms in total. The third-order valence-corrected chi connectivity index (χ3v) is 5.82. The summed E-state index contributed by atoms with van der Waals surface area (Å²) in [4.78, 5) is 23.2. The van der Waals surface area contributed by atoms with Gasteiger partial charge in [0.15, 0.2) is 0 Å². The van der Waals surface area contributed by atoms with Crippen LogP contribution in [0, 0.1) is 5.92 Å². The molecule has 0 spiro atoms. The number of nitrogens with one attached hydrogen (secondary N) is 2. The molecular formula is C12H20N2O5S. The quantitative estimate of drug-likeness (QED) is 0.682. The van der Waals surface area contributed by atoms with Crippen molar-refractivity contribution in [1.29, 1.82) is 0 Å². The molecule has 0 bridgehead atoms. The Kier molecular flexibility index (Phi) is 3.95. The fraction of sp³-hybridized carbons (Fsp3) is 0.833. The highest BCUT2D eigenvalue weighted by molar-refractivity contribution is 7.91. The van der Waals surface area contributed by atoms with Crippen LogP contribution in [0.3, 0.4) is 0 Å². The van der Waals surface area contributed by atoms with Gasteiger partial charge in [-0.25, -0.2) is 18.0 Å². The molecule has 1 atom stereocenters. The Morgan fingerprint density at radius 2 is 1.70 bits per heavy atom. The molecule has 1 unspecified atom stereocenters. The number of carbonyl (C=O) groups is 2. The molecule has 0 aromatic heterocycles. The molecule has 114 valence electrons. The van der Waals surface area contributed by atoms with Crippen LogP contribution in [0.5, 0.6) is 0 Å². The molecule has 1 saturated heterocycles. The van der Waals surface area contributed by atoms with Crippen LogP contribution in [-0.4, -0.2) is 48.6 Å². The lowest BCUT2D eigenvalue weighted by atomic mass is 9.96. The van der Waals surface area contributed by atoms with Crippen LogP contribution in [0.25, 0.3) is 0 Å². The highest BCUT2D eigenvalue weighted by Crippen LogP contribution is 2.39. The normalized spacial score (nSPS) is 25.4. The number of carboxylic acids is 1. The van der Waals surface area contributed by atoms with Crippen LogP contribution in [0.2, 0.25) is 0 Å². The molecule has 3 N–H and O–H groups in total. The number of amides is 2. The molecule has 1 heterocycles. The Hall–Kier alpha value is -1.31. The lowest BCUT2D eigenvalue weighted by Gasteiger charge is -2.29. The summed E-state index contributed by atoms with van der Waals surface area (Å²) in [6.07, 6.45) is 2.35. The number of urea groups is 1. The first kappa shape index (κ1) is 15.1. The van der Waals surface area contributed by atoms with Crippen molar-refractivity contribution in [1.82, 2.24) is 10.6 Å². The van der Waals surface area contributed by atoms with Crippen LogP contribution < -0.4 is 10.6 Å². The van der Waals surface area contributed by atoms with E-state index in [1.54, 1.807) is 0 Å². The largest absolute Gasteiger partial charge is 0.480 e. The zero-order valence-corrected chi connectivity index (χ0v) is 12.2. The van der Waals surface area contributed by atoms with Crippen LogP contribution >= 0.6 is 0 Å². The van der Waals surface area contributed by atoms with Gasteiger partial charge in [-0.15, -0.1) is 0 Å². The second-order valence-electron chi connectivity index (χ2n) is 5.81. The third kappa shape index (κ3) is 3.41. The van der Waals surface area contributed by atoms with Crippen molar-refractivity contribution in [3.8, 4) is 0 Å².